The zero-order chi connectivity index (χ0) is 26.8. The zero-order valence-corrected chi connectivity index (χ0v) is 22.3. The molecule has 1 aromatic heterocycles. The van der Waals surface area contributed by atoms with Crippen molar-refractivity contribution in [1.82, 2.24) is 20.9 Å². The number of amides is 3. The van der Waals surface area contributed by atoms with Gasteiger partial charge in [0.2, 0.25) is 11.8 Å². The molecule has 9 nitrogen and oxygen atoms in total. The Bertz CT molecular complexity index is 1070. The van der Waals surface area contributed by atoms with Crippen LogP contribution in [-0.2, 0) is 14.4 Å². The van der Waals surface area contributed by atoms with Gasteiger partial charge in [-0.25, -0.2) is 0 Å². The van der Waals surface area contributed by atoms with Crippen LogP contribution in [0, 0.1) is 11.8 Å². The van der Waals surface area contributed by atoms with E-state index >= 15 is 0 Å². The summed E-state index contributed by atoms with van der Waals surface area (Å²) in [6.07, 6.45) is 1.14. The second-order valence-corrected chi connectivity index (χ2v) is 9.20. The zero-order valence-electron chi connectivity index (χ0n) is 21.6. The third kappa shape index (κ3) is 7.46. The third-order valence-corrected chi connectivity index (χ3v) is 6.20. The van der Waals surface area contributed by atoms with Gasteiger partial charge < -0.3 is 25.7 Å². The van der Waals surface area contributed by atoms with E-state index in [1.165, 1.54) is 0 Å². The summed E-state index contributed by atoms with van der Waals surface area (Å²) in [5.41, 5.74) is 1.02. The van der Waals surface area contributed by atoms with Crippen LogP contribution in [0.25, 0.3) is 10.9 Å². The molecule has 0 saturated carbocycles. The summed E-state index contributed by atoms with van der Waals surface area (Å²) in [5.74, 6) is -1.36. The van der Waals surface area contributed by atoms with Crippen molar-refractivity contribution in [3.63, 3.8) is 0 Å². The van der Waals surface area contributed by atoms with Gasteiger partial charge in [-0.2, -0.15) is 0 Å². The Balaban J connectivity index is 0.00000222. The maximum absolute atomic E-state index is 13.2. The summed E-state index contributed by atoms with van der Waals surface area (Å²) in [6, 6.07) is 5.34. The highest BCUT2D eigenvalue weighted by atomic mass is 35.5. The normalized spacial score (nSPS) is 16.5. The Hall–Kier alpha value is -3.07. The molecule has 3 atom stereocenters. The minimum atomic E-state index is -0.900. The summed E-state index contributed by atoms with van der Waals surface area (Å²) in [4.78, 5) is 53.6. The summed E-state index contributed by atoms with van der Waals surface area (Å²) in [6.45, 7) is 8.41. The topological polar surface area (TPSA) is 129 Å². The molecule has 3 amide bonds. The number of ether oxygens (including phenoxy) is 1. The highest BCUT2D eigenvalue weighted by molar-refractivity contribution is 6.28. The smallest absolute Gasteiger partial charge is 0.268 e. The highest BCUT2D eigenvalue weighted by Crippen LogP contribution is 2.26. The van der Waals surface area contributed by atoms with Crippen LogP contribution >= 0.6 is 11.6 Å². The molecule has 0 aliphatic carbocycles. The first-order chi connectivity index (χ1) is 17.2. The van der Waals surface area contributed by atoms with Crippen LogP contribution in [-0.4, -0.2) is 60.1 Å². The fourth-order valence-electron chi connectivity index (χ4n) is 4.16. The Morgan fingerprint density at radius 2 is 1.89 bits per heavy atom. The average molecular weight is 521 g/mol. The number of aromatic nitrogens is 1. The summed E-state index contributed by atoms with van der Waals surface area (Å²) >= 11 is 5.76. The van der Waals surface area contributed by atoms with Gasteiger partial charge in [0.1, 0.15) is 17.5 Å². The van der Waals surface area contributed by atoms with E-state index in [1.54, 1.807) is 19.2 Å². The SMILES string of the molecule is CC.COc1cccc2[nH]c(C(=O)N[C@@H](CC(C)C)C(=O)N[C@@H](C[C@@H]3CCNC3=O)C(=O)CCl)cc12. The lowest BCUT2D eigenvalue weighted by atomic mass is 9.95. The Morgan fingerprint density at radius 1 is 1.17 bits per heavy atom. The Labute approximate surface area is 217 Å². The second-order valence-electron chi connectivity index (χ2n) is 8.93. The molecule has 1 aromatic carbocycles. The molecule has 3 rings (SSSR count). The number of benzene rings is 1. The van der Waals surface area contributed by atoms with Crippen LogP contribution in [0.4, 0.5) is 0 Å². The van der Waals surface area contributed by atoms with Crippen LogP contribution in [0.5, 0.6) is 5.75 Å². The van der Waals surface area contributed by atoms with E-state index in [0.717, 1.165) is 10.9 Å². The molecule has 0 spiro atoms. The van der Waals surface area contributed by atoms with E-state index in [1.807, 2.05) is 39.8 Å². The number of rotatable bonds is 11. The number of alkyl halides is 1. The maximum Gasteiger partial charge on any atom is 0.268 e. The first kappa shape index (κ1) is 29.2. The van der Waals surface area contributed by atoms with Gasteiger partial charge in [0.25, 0.3) is 5.91 Å². The number of aromatic amines is 1. The Kier molecular flexibility index (Phi) is 11.2. The largest absolute Gasteiger partial charge is 0.496 e. The average Bonchev–Trinajstić information content (AvgIpc) is 3.49. The number of carbonyl (C=O) groups excluding carboxylic acids is 4. The van der Waals surface area contributed by atoms with Gasteiger partial charge in [-0.05, 0) is 43.4 Å². The van der Waals surface area contributed by atoms with Gasteiger partial charge in [-0.15, -0.1) is 11.6 Å². The molecular weight excluding hydrogens is 484 g/mol. The molecule has 1 aliphatic rings. The minimum absolute atomic E-state index is 0.0987. The predicted molar refractivity (Wildman–Crippen MR) is 140 cm³/mol. The quantitative estimate of drug-likeness (QED) is 0.338. The second kappa shape index (κ2) is 13.9. The molecule has 1 saturated heterocycles. The molecule has 36 heavy (non-hydrogen) atoms. The van der Waals surface area contributed by atoms with Crippen molar-refractivity contribution in [2.45, 2.75) is 59.0 Å². The lowest BCUT2D eigenvalue weighted by Crippen LogP contribution is -2.53. The molecule has 0 bridgehead atoms. The summed E-state index contributed by atoms with van der Waals surface area (Å²) < 4.78 is 5.34. The van der Waals surface area contributed by atoms with E-state index < -0.39 is 23.9 Å². The minimum Gasteiger partial charge on any atom is -0.496 e. The number of nitrogens with one attached hydrogen (secondary N) is 4. The number of halogens is 1. The van der Waals surface area contributed by atoms with Crippen LogP contribution in [0.3, 0.4) is 0 Å². The third-order valence-electron chi connectivity index (χ3n) is 5.94. The number of methoxy groups -OCH3 is 1. The van der Waals surface area contributed by atoms with Gasteiger partial charge in [-0.1, -0.05) is 33.8 Å². The lowest BCUT2D eigenvalue weighted by Gasteiger charge is -2.24. The number of Topliss-reactive ketones (excluding diaryl/α,β-unsaturated/α-hetero) is 1. The molecule has 1 aliphatic heterocycles. The molecule has 4 N–H and O–H groups in total. The molecule has 1 fully saturated rings. The molecule has 10 heteroatoms. The highest BCUT2D eigenvalue weighted by Gasteiger charge is 2.33. The van der Waals surface area contributed by atoms with E-state index in [2.05, 4.69) is 20.9 Å². The number of H-pyrrole nitrogens is 1. The van der Waals surface area contributed by atoms with Crippen LogP contribution in [0.15, 0.2) is 24.3 Å². The molecular formula is C26H37ClN4O5. The van der Waals surface area contributed by atoms with Crippen LogP contribution in [0.1, 0.15) is 57.4 Å². The van der Waals surface area contributed by atoms with Gasteiger partial charge in [0, 0.05) is 23.4 Å². The van der Waals surface area contributed by atoms with E-state index in [-0.39, 0.29) is 41.5 Å². The van der Waals surface area contributed by atoms with Gasteiger partial charge in [0.05, 0.1) is 19.0 Å². The van der Waals surface area contributed by atoms with Crippen molar-refractivity contribution in [3.05, 3.63) is 30.0 Å². The van der Waals surface area contributed by atoms with E-state index in [9.17, 15) is 19.2 Å². The fraction of sp³-hybridized carbons (Fsp3) is 0.538. The number of hydrogen-bond donors (Lipinski definition) is 4. The lowest BCUT2D eigenvalue weighted by molar-refractivity contribution is -0.129. The monoisotopic (exact) mass is 520 g/mol. The van der Waals surface area contributed by atoms with Crippen molar-refractivity contribution in [2.75, 3.05) is 19.5 Å². The van der Waals surface area contributed by atoms with Crippen molar-refractivity contribution < 1.29 is 23.9 Å². The number of ketones is 1. The standard InChI is InChI=1S/C24H31ClN4O5.C2H6/c1-13(2)9-18(23(32)28-17(20(30)12-25)10-14-7-8-26-22(14)31)29-24(33)19-11-15-16(27-19)5-4-6-21(15)34-3;1-2/h4-6,11,13-14,17-18,27H,7-10,12H2,1-3H3,(H,26,31)(H,28,32)(H,29,33);1-2H3/t14-,17-,18-;/m0./s1. The van der Waals surface area contributed by atoms with E-state index in [4.69, 9.17) is 16.3 Å². The first-order valence-electron chi connectivity index (χ1n) is 12.4. The van der Waals surface area contributed by atoms with Crippen molar-refractivity contribution >= 4 is 46.0 Å². The van der Waals surface area contributed by atoms with Crippen molar-refractivity contribution in [1.29, 1.82) is 0 Å². The maximum atomic E-state index is 13.2. The Morgan fingerprint density at radius 3 is 2.47 bits per heavy atom. The summed E-state index contributed by atoms with van der Waals surface area (Å²) in [5, 5.41) is 8.99. The van der Waals surface area contributed by atoms with Crippen LogP contribution in [0.2, 0.25) is 0 Å². The van der Waals surface area contributed by atoms with Gasteiger partial charge in [-0.3, -0.25) is 19.2 Å². The molecule has 0 unspecified atom stereocenters. The first-order valence-corrected chi connectivity index (χ1v) is 12.9. The van der Waals surface area contributed by atoms with Crippen LogP contribution < -0.4 is 20.7 Å². The molecule has 0 radical (unpaired) electrons. The summed E-state index contributed by atoms with van der Waals surface area (Å²) in [7, 11) is 1.55. The predicted octanol–water partition coefficient (Wildman–Crippen LogP) is 3.17. The van der Waals surface area contributed by atoms with Crippen molar-refractivity contribution in [2.24, 2.45) is 11.8 Å². The number of fused-ring (bicyclic) bond motifs is 1. The number of hydrogen-bond acceptors (Lipinski definition) is 5. The van der Waals surface area contributed by atoms with Gasteiger partial charge in [0.15, 0.2) is 5.78 Å². The molecule has 198 valence electrons. The van der Waals surface area contributed by atoms with E-state index in [0.29, 0.717) is 25.1 Å². The molecule has 2 aromatic rings. The van der Waals surface area contributed by atoms with Gasteiger partial charge >= 0.3 is 0 Å². The molecule has 2 heterocycles. The fourth-order valence-corrected chi connectivity index (χ4v) is 4.34. The van der Waals surface area contributed by atoms with Crippen molar-refractivity contribution in [3.8, 4) is 5.75 Å². The number of carbonyl (C=O) groups is 4.